The van der Waals surface area contributed by atoms with Crippen LogP contribution in [-0.2, 0) is 7.05 Å². The molecule has 1 fully saturated rings. The average Bonchev–Trinajstić information content (AvgIpc) is 2.75. The molecule has 5 heteroatoms. The van der Waals surface area contributed by atoms with Gasteiger partial charge in [-0.2, -0.15) is 11.8 Å². The second-order valence-electron chi connectivity index (χ2n) is 4.26. The first-order chi connectivity index (χ1) is 7.16. The number of aryl methyl sites for hydroxylation is 1. The van der Waals surface area contributed by atoms with E-state index in [-0.39, 0.29) is 6.04 Å². The summed E-state index contributed by atoms with van der Waals surface area (Å²) in [6.07, 6.45) is 3.01. The lowest BCUT2D eigenvalue weighted by atomic mass is 10.1. The van der Waals surface area contributed by atoms with Gasteiger partial charge in [0.25, 0.3) is 0 Å². The lowest BCUT2D eigenvalue weighted by Crippen LogP contribution is -2.32. The molecular formula is C10H18N4S. The Morgan fingerprint density at radius 2 is 2.47 bits per heavy atom. The molecule has 1 aromatic heterocycles. The molecule has 1 N–H and O–H groups in total. The summed E-state index contributed by atoms with van der Waals surface area (Å²) in [5.41, 5.74) is 0. The lowest BCUT2D eigenvalue weighted by molar-refractivity contribution is 0.451. The maximum Gasteiger partial charge on any atom is 0.149 e. The summed E-state index contributed by atoms with van der Waals surface area (Å²) < 4.78 is 1.98. The number of rotatable bonds is 3. The average molecular weight is 226 g/mol. The van der Waals surface area contributed by atoms with Gasteiger partial charge in [-0.1, -0.05) is 6.92 Å². The van der Waals surface area contributed by atoms with E-state index in [9.17, 15) is 0 Å². The first-order valence-corrected chi connectivity index (χ1v) is 6.43. The van der Waals surface area contributed by atoms with E-state index in [2.05, 4.69) is 29.4 Å². The Morgan fingerprint density at radius 3 is 3.00 bits per heavy atom. The molecule has 0 radical (unpaired) electrons. The van der Waals surface area contributed by atoms with Gasteiger partial charge in [-0.25, -0.2) is 0 Å². The van der Waals surface area contributed by atoms with Crippen LogP contribution in [0.1, 0.15) is 32.1 Å². The Hall–Kier alpha value is -0.550. The van der Waals surface area contributed by atoms with E-state index in [4.69, 9.17) is 0 Å². The zero-order valence-electron chi connectivity index (χ0n) is 9.47. The number of nitrogens with one attached hydrogen (secondary N) is 1. The van der Waals surface area contributed by atoms with E-state index in [1.807, 2.05) is 23.4 Å². The van der Waals surface area contributed by atoms with E-state index in [0.29, 0.717) is 6.04 Å². The van der Waals surface area contributed by atoms with Crippen LogP contribution in [0.2, 0.25) is 0 Å². The molecule has 0 saturated carbocycles. The molecule has 1 aliphatic rings. The molecule has 0 amide bonds. The largest absolute Gasteiger partial charge is 0.319 e. The van der Waals surface area contributed by atoms with E-state index in [1.54, 1.807) is 6.33 Å². The molecule has 2 heterocycles. The van der Waals surface area contributed by atoms with Crippen LogP contribution in [-0.4, -0.2) is 31.8 Å². The van der Waals surface area contributed by atoms with Gasteiger partial charge in [-0.3, -0.25) is 0 Å². The Kier molecular flexibility index (Phi) is 3.31. The minimum atomic E-state index is 0.286. The minimum absolute atomic E-state index is 0.286. The topological polar surface area (TPSA) is 42.7 Å². The van der Waals surface area contributed by atoms with Crippen molar-refractivity contribution in [3.63, 3.8) is 0 Å². The van der Waals surface area contributed by atoms with Gasteiger partial charge in [0.2, 0.25) is 0 Å². The Labute approximate surface area is 94.8 Å². The number of thioether (sulfide) groups is 1. The van der Waals surface area contributed by atoms with Crippen molar-refractivity contribution in [1.29, 1.82) is 0 Å². The standard InChI is InChI=1S/C10H18N4S/c1-7-4-9(5-15-7)12-8(2)10-13-11-6-14(10)3/h6-9,12H,4-5H2,1-3H3. The van der Waals surface area contributed by atoms with E-state index >= 15 is 0 Å². The maximum absolute atomic E-state index is 4.12. The van der Waals surface area contributed by atoms with Gasteiger partial charge in [-0.15, -0.1) is 10.2 Å². The van der Waals surface area contributed by atoms with Crippen molar-refractivity contribution in [2.24, 2.45) is 7.05 Å². The summed E-state index contributed by atoms with van der Waals surface area (Å²) in [7, 11) is 1.99. The molecule has 0 aromatic carbocycles. The molecule has 3 atom stereocenters. The van der Waals surface area contributed by atoms with Crippen LogP contribution >= 0.6 is 11.8 Å². The van der Waals surface area contributed by atoms with Crippen molar-refractivity contribution in [2.75, 3.05) is 5.75 Å². The zero-order valence-corrected chi connectivity index (χ0v) is 10.3. The summed E-state index contributed by atoms with van der Waals surface area (Å²) in [4.78, 5) is 0. The SMILES string of the molecule is CC1CC(NC(C)c2nncn2C)CS1. The van der Waals surface area contributed by atoms with Crippen molar-refractivity contribution in [3.8, 4) is 0 Å². The second-order valence-corrected chi connectivity index (χ2v) is 5.74. The third-order valence-corrected chi connectivity index (χ3v) is 4.17. The van der Waals surface area contributed by atoms with Gasteiger partial charge in [0.05, 0.1) is 6.04 Å². The van der Waals surface area contributed by atoms with Crippen LogP contribution in [0.25, 0.3) is 0 Å². The molecule has 84 valence electrons. The normalized spacial score (nSPS) is 28.2. The smallest absolute Gasteiger partial charge is 0.149 e. The van der Waals surface area contributed by atoms with Crippen molar-refractivity contribution in [3.05, 3.63) is 12.2 Å². The van der Waals surface area contributed by atoms with Crippen molar-refractivity contribution >= 4 is 11.8 Å². The summed E-state index contributed by atoms with van der Waals surface area (Å²) in [6.45, 7) is 4.44. The molecule has 0 aliphatic carbocycles. The Morgan fingerprint density at radius 1 is 1.67 bits per heavy atom. The summed E-state index contributed by atoms with van der Waals surface area (Å²) in [5.74, 6) is 2.23. The van der Waals surface area contributed by atoms with Gasteiger partial charge >= 0.3 is 0 Å². The summed E-state index contributed by atoms with van der Waals surface area (Å²) in [6, 6.07) is 0.907. The molecular weight excluding hydrogens is 208 g/mol. The van der Waals surface area contributed by atoms with Gasteiger partial charge in [-0.05, 0) is 13.3 Å². The van der Waals surface area contributed by atoms with Crippen molar-refractivity contribution in [1.82, 2.24) is 20.1 Å². The predicted octanol–water partition coefficient (Wildman–Crippen LogP) is 1.36. The predicted molar refractivity (Wildman–Crippen MR) is 62.9 cm³/mol. The molecule has 0 bridgehead atoms. The Balaban J connectivity index is 1.92. The van der Waals surface area contributed by atoms with Crippen LogP contribution in [0.15, 0.2) is 6.33 Å². The Bertz CT molecular complexity index is 325. The fourth-order valence-corrected chi connectivity index (χ4v) is 3.21. The van der Waals surface area contributed by atoms with Crippen LogP contribution < -0.4 is 5.32 Å². The van der Waals surface area contributed by atoms with Crippen LogP contribution in [0, 0.1) is 0 Å². The number of nitrogens with zero attached hydrogens (tertiary/aromatic N) is 3. The highest BCUT2D eigenvalue weighted by Crippen LogP contribution is 2.27. The third-order valence-electron chi connectivity index (χ3n) is 2.82. The molecule has 1 aromatic rings. The number of aromatic nitrogens is 3. The first kappa shape index (κ1) is 11.0. The highest BCUT2D eigenvalue weighted by Gasteiger charge is 2.24. The van der Waals surface area contributed by atoms with E-state index in [0.717, 1.165) is 11.1 Å². The van der Waals surface area contributed by atoms with E-state index in [1.165, 1.54) is 12.2 Å². The van der Waals surface area contributed by atoms with Gasteiger partial charge in [0.15, 0.2) is 0 Å². The summed E-state index contributed by atoms with van der Waals surface area (Å²) in [5, 5.41) is 12.4. The van der Waals surface area contributed by atoms with Crippen LogP contribution in [0.5, 0.6) is 0 Å². The molecule has 4 nitrogen and oxygen atoms in total. The lowest BCUT2D eigenvalue weighted by Gasteiger charge is -2.17. The number of hydrogen-bond acceptors (Lipinski definition) is 4. The van der Waals surface area contributed by atoms with Gasteiger partial charge < -0.3 is 9.88 Å². The second kappa shape index (κ2) is 4.53. The molecule has 1 saturated heterocycles. The molecule has 3 unspecified atom stereocenters. The molecule has 15 heavy (non-hydrogen) atoms. The monoisotopic (exact) mass is 226 g/mol. The van der Waals surface area contributed by atoms with Crippen LogP contribution in [0.4, 0.5) is 0 Å². The van der Waals surface area contributed by atoms with Gasteiger partial charge in [0.1, 0.15) is 12.2 Å². The fraction of sp³-hybridized carbons (Fsp3) is 0.800. The maximum atomic E-state index is 4.12. The fourth-order valence-electron chi connectivity index (χ4n) is 2.05. The molecule has 2 rings (SSSR count). The highest BCUT2D eigenvalue weighted by atomic mass is 32.2. The molecule has 0 spiro atoms. The minimum Gasteiger partial charge on any atom is -0.319 e. The summed E-state index contributed by atoms with van der Waals surface area (Å²) >= 11 is 2.04. The highest BCUT2D eigenvalue weighted by molar-refractivity contribution is 8.00. The van der Waals surface area contributed by atoms with Gasteiger partial charge in [0, 0.05) is 24.1 Å². The van der Waals surface area contributed by atoms with Crippen molar-refractivity contribution in [2.45, 2.75) is 37.6 Å². The van der Waals surface area contributed by atoms with Crippen molar-refractivity contribution < 1.29 is 0 Å². The third kappa shape index (κ3) is 2.52. The zero-order chi connectivity index (χ0) is 10.8. The quantitative estimate of drug-likeness (QED) is 0.845. The first-order valence-electron chi connectivity index (χ1n) is 5.38. The van der Waals surface area contributed by atoms with E-state index < -0.39 is 0 Å². The number of hydrogen-bond donors (Lipinski definition) is 1. The molecule has 1 aliphatic heterocycles. The van der Waals surface area contributed by atoms with Crippen LogP contribution in [0.3, 0.4) is 0 Å².